The number of nitrogens with one attached hydrogen (secondary N) is 12. The number of likely N-dealkylation sites (tertiary alicyclic amines) is 3. The fourth-order valence-corrected chi connectivity index (χ4v) is 13.6. The third-order valence-corrected chi connectivity index (χ3v) is 20.4. The van der Waals surface area contributed by atoms with Crippen molar-refractivity contribution in [2.75, 3.05) is 44.3 Å². The number of carboxylic acid groups (broad SMARTS) is 1. The summed E-state index contributed by atoms with van der Waals surface area (Å²) in [5, 5.41) is 80.6. The quantitative estimate of drug-likeness (QED) is 0.0272. The molecule has 1 aromatic rings. The number of thiol groups is 2. The number of carbonyl (C=O) groups excluding carboxylic acids is 15. The molecule has 15 amide bonds. The number of aliphatic hydroxyl groups excluding tert-OH is 4. The predicted molar refractivity (Wildman–Crippen MR) is 413 cm³/mol. The normalized spacial score (nSPS) is 19.8. The minimum Gasteiger partial charge on any atom is -0.480 e. The highest BCUT2D eigenvalue weighted by atomic mass is 32.1. The molecule has 0 aliphatic carbocycles. The maximum Gasteiger partial charge on any atom is 0.327 e. The lowest BCUT2D eigenvalue weighted by Gasteiger charge is -2.33. The SMILES string of the molecule is CC[C@H](C)[C@H](NC(=O)[C@@H](NC(=O)[C@@H]1CCCN1C(=O)[C@H](CC(C)C)NC(=O)[C@@H]1CCCN1C(=O)[C@H](CC(C)C)NC(=O)[C@H](C)NC(=O)[C@@H]1CCCN1C(=O)[C@@H](NC(=O)[C@@H](NC(=O)[C@@H](N)CO)[C@@H](C)O)[C@@H](C)O)C(C)C)C(=O)N[C@@H](CS)C(=O)NCC(=O)N[C@H](C(=O)N[C@@H](Cc1ccccc1)C(=O)N[C@@H](CS)C(=O)O)[C@@H](C)O. The van der Waals surface area contributed by atoms with Gasteiger partial charge in [0.2, 0.25) is 88.6 Å². The highest BCUT2D eigenvalue weighted by Gasteiger charge is 2.46. The zero-order valence-electron chi connectivity index (χ0n) is 65.7. The molecule has 0 aromatic heterocycles. The van der Waals surface area contributed by atoms with Gasteiger partial charge < -0.3 is 110 Å². The van der Waals surface area contributed by atoms with Crippen molar-refractivity contribution in [2.45, 2.75) is 256 Å². The van der Waals surface area contributed by atoms with E-state index in [1.807, 2.05) is 27.7 Å². The second kappa shape index (κ2) is 45.8. The standard InChI is InChI=1S/C73H118N16O21S2/c1-13-38(8)55(67(103)80-48(33-111)61(97)75-31-53(94)82-56(40(10)91)68(104)77-45(30-43-20-15-14-16-21-43)62(98)81-49(34-112)73(109)110)84-66(102)54(37(6)7)83-65(101)52-24-18-26-88(52)71(107)47(29-36(4)5)79-64(100)51-23-17-25-87(51)70(106)46(28-35(2)3)78-59(95)39(9)76-63(99)50-22-19-27-89(50)72(108)58(42(12)93)86-69(105)57(41(11)92)85-60(96)44(74)32-90/h14-16,20-21,35-42,44-52,54-58,90-93,111-112H,13,17-19,22-34,74H2,1-12H3,(H,75,97)(H,76,99)(H,77,104)(H,78,95)(H,79,100)(H,80,103)(H,81,98)(H,82,94)(H,83,101)(H,84,102)(H,85,96)(H,86,105)(H,109,110)/t38-,39-,40+,41+,42+,44-,45-,46-,47-,48-,49-,50-,51-,52-,54-,55-,56-,57-,58-/m0/s1. The van der Waals surface area contributed by atoms with E-state index >= 15 is 0 Å². The molecule has 37 nitrogen and oxygen atoms in total. The Hall–Kier alpha value is -8.76. The van der Waals surface area contributed by atoms with Gasteiger partial charge in [-0.3, -0.25) is 71.9 Å². The van der Waals surface area contributed by atoms with E-state index in [9.17, 15) is 102 Å². The molecule has 0 bridgehead atoms. The Bertz CT molecular complexity index is 3450. The lowest BCUT2D eigenvalue weighted by atomic mass is 9.96. The Morgan fingerprint density at radius 3 is 1.33 bits per heavy atom. The Balaban J connectivity index is 1.41. The number of benzene rings is 1. The monoisotopic (exact) mass is 1620 g/mol. The highest BCUT2D eigenvalue weighted by Crippen LogP contribution is 2.26. The molecule has 19 N–H and O–H groups in total. The summed E-state index contributed by atoms with van der Waals surface area (Å²) in [5.74, 6) is -16.1. The number of amides is 15. The Morgan fingerprint density at radius 2 is 0.866 bits per heavy atom. The Kier molecular flexibility index (Phi) is 39.1. The molecule has 0 radical (unpaired) electrons. The Labute approximate surface area is 663 Å². The number of aliphatic hydroxyl groups is 4. The summed E-state index contributed by atoms with van der Waals surface area (Å²) >= 11 is 8.23. The van der Waals surface area contributed by atoms with E-state index in [4.69, 9.17) is 5.73 Å². The second-order valence-corrected chi connectivity index (χ2v) is 30.8. The molecule has 112 heavy (non-hydrogen) atoms. The fraction of sp³-hybridized carbons (Fsp3) is 0.699. The van der Waals surface area contributed by atoms with E-state index in [-0.39, 0.29) is 81.5 Å². The molecule has 628 valence electrons. The van der Waals surface area contributed by atoms with Gasteiger partial charge in [0, 0.05) is 37.6 Å². The summed E-state index contributed by atoms with van der Waals surface area (Å²) in [6, 6.07) is -12.1. The number of carbonyl (C=O) groups is 16. The molecule has 19 atom stereocenters. The van der Waals surface area contributed by atoms with Gasteiger partial charge in [-0.2, -0.15) is 25.3 Å². The molecule has 0 unspecified atom stereocenters. The van der Waals surface area contributed by atoms with Crippen LogP contribution < -0.4 is 69.5 Å². The van der Waals surface area contributed by atoms with Crippen LogP contribution in [-0.4, -0.2) is 288 Å². The van der Waals surface area contributed by atoms with Crippen LogP contribution in [0.1, 0.15) is 146 Å². The van der Waals surface area contributed by atoms with E-state index < -0.39 is 229 Å². The zero-order chi connectivity index (χ0) is 84.3. The van der Waals surface area contributed by atoms with Crippen molar-refractivity contribution < 1.29 is 102 Å². The van der Waals surface area contributed by atoms with Crippen LogP contribution in [0, 0.1) is 23.7 Å². The summed E-state index contributed by atoms with van der Waals surface area (Å²) in [6.07, 6.45) is -2.73. The van der Waals surface area contributed by atoms with Crippen LogP contribution in [0.15, 0.2) is 30.3 Å². The minimum absolute atomic E-state index is 0.00261. The van der Waals surface area contributed by atoms with Gasteiger partial charge in [0.25, 0.3) is 0 Å². The molecule has 3 fully saturated rings. The molecule has 0 saturated carbocycles. The maximum atomic E-state index is 14.8. The smallest absolute Gasteiger partial charge is 0.327 e. The maximum absolute atomic E-state index is 14.8. The summed E-state index contributed by atoms with van der Waals surface area (Å²) in [6.45, 7) is 17.5. The average molecular weight is 1620 g/mol. The average Bonchev–Trinajstić information content (AvgIpc) is 1.62. The number of nitrogens with two attached hydrogens (primary N) is 1. The van der Waals surface area contributed by atoms with E-state index in [0.717, 1.165) is 4.90 Å². The molecule has 3 saturated heterocycles. The van der Waals surface area contributed by atoms with Crippen molar-refractivity contribution in [3.8, 4) is 0 Å². The first kappa shape index (κ1) is 95.6. The highest BCUT2D eigenvalue weighted by molar-refractivity contribution is 7.80. The third-order valence-electron chi connectivity index (χ3n) is 19.6. The van der Waals surface area contributed by atoms with Crippen LogP contribution >= 0.6 is 25.3 Å². The summed E-state index contributed by atoms with van der Waals surface area (Å²) in [4.78, 5) is 224. The Morgan fingerprint density at radius 1 is 0.455 bits per heavy atom. The lowest BCUT2D eigenvalue weighted by molar-refractivity contribution is -0.145. The van der Waals surface area contributed by atoms with E-state index in [1.165, 1.54) is 37.5 Å². The molecule has 1 aromatic carbocycles. The van der Waals surface area contributed by atoms with E-state index in [2.05, 4.69) is 89.1 Å². The van der Waals surface area contributed by atoms with Gasteiger partial charge in [-0.25, -0.2) is 4.79 Å². The van der Waals surface area contributed by atoms with Gasteiger partial charge in [0.1, 0.15) is 90.6 Å². The first-order valence-electron chi connectivity index (χ1n) is 38.0. The molecular formula is C73H118N16O21S2. The number of nitrogens with zero attached hydrogens (tertiary/aromatic N) is 3. The van der Waals surface area contributed by atoms with Crippen LogP contribution in [0.5, 0.6) is 0 Å². The number of hydrogen-bond acceptors (Lipinski definition) is 23. The lowest BCUT2D eigenvalue weighted by Crippen LogP contribution is -2.62. The second-order valence-electron chi connectivity index (χ2n) is 30.1. The van der Waals surface area contributed by atoms with Gasteiger partial charge in [-0.1, -0.05) is 92.1 Å². The number of aliphatic carboxylic acids is 1. The van der Waals surface area contributed by atoms with Crippen molar-refractivity contribution in [2.24, 2.45) is 29.4 Å². The van der Waals surface area contributed by atoms with Gasteiger partial charge >= 0.3 is 5.97 Å². The van der Waals surface area contributed by atoms with Gasteiger partial charge in [0.05, 0.1) is 31.5 Å². The van der Waals surface area contributed by atoms with Crippen molar-refractivity contribution >= 4 is 120 Å². The zero-order valence-corrected chi connectivity index (χ0v) is 67.5. The van der Waals surface area contributed by atoms with Crippen molar-refractivity contribution in [3.63, 3.8) is 0 Å². The largest absolute Gasteiger partial charge is 0.480 e. The number of carboxylic acids is 1. The van der Waals surface area contributed by atoms with E-state index in [1.54, 1.807) is 58.0 Å². The van der Waals surface area contributed by atoms with Crippen LogP contribution in [0.4, 0.5) is 0 Å². The predicted octanol–water partition coefficient (Wildman–Crippen LogP) is -5.13. The van der Waals surface area contributed by atoms with Crippen LogP contribution in [0.3, 0.4) is 0 Å². The molecule has 3 aliphatic heterocycles. The molecule has 3 aliphatic rings. The molecule has 4 rings (SSSR count). The molecule has 0 spiro atoms. The van der Waals surface area contributed by atoms with Crippen molar-refractivity contribution in [1.29, 1.82) is 0 Å². The minimum atomic E-state index is -1.70. The van der Waals surface area contributed by atoms with Gasteiger partial charge in [0.15, 0.2) is 0 Å². The van der Waals surface area contributed by atoms with Crippen LogP contribution in [-0.2, 0) is 83.1 Å². The molecular weight excluding hydrogens is 1500 g/mol. The number of rotatable bonds is 43. The first-order valence-corrected chi connectivity index (χ1v) is 39.3. The molecule has 3 heterocycles. The third kappa shape index (κ3) is 28.1. The topological polar surface area (TPSA) is 554 Å². The summed E-state index contributed by atoms with van der Waals surface area (Å²) in [5.41, 5.74) is 6.13. The van der Waals surface area contributed by atoms with Gasteiger partial charge in [-0.05, 0) is 108 Å². The fourth-order valence-electron chi connectivity index (χ4n) is 13.1. The number of hydrogen-bond donors (Lipinski definition) is 20. The molecule has 39 heteroatoms. The van der Waals surface area contributed by atoms with Crippen molar-refractivity contribution in [1.82, 2.24) is 78.5 Å². The van der Waals surface area contributed by atoms with Gasteiger partial charge in [-0.15, -0.1) is 0 Å². The van der Waals surface area contributed by atoms with E-state index in [0.29, 0.717) is 31.2 Å². The first-order chi connectivity index (χ1) is 52.6. The van der Waals surface area contributed by atoms with Crippen LogP contribution in [0.25, 0.3) is 0 Å². The summed E-state index contributed by atoms with van der Waals surface area (Å²) < 4.78 is 0. The summed E-state index contributed by atoms with van der Waals surface area (Å²) in [7, 11) is 0. The van der Waals surface area contributed by atoms with Crippen molar-refractivity contribution in [3.05, 3.63) is 35.9 Å². The van der Waals surface area contributed by atoms with Crippen LogP contribution in [0.2, 0.25) is 0 Å².